The van der Waals surface area contributed by atoms with Crippen LogP contribution in [0.5, 0.6) is 0 Å². The van der Waals surface area contributed by atoms with Crippen molar-refractivity contribution in [2.24, 2.45) is 69.0 Å². The van der Waals surface area contributed by atoms with Gasteiger partial charge in [-0.15, -0.1) is 0 Å². The molecular weight excluding hydrogens is 568 g/mol. The summed E-state index contributed by atoms with van der Waals surface area (Å²) in [5, 5.41) is 0. The molecule has 0 spiro atoms. The van der Waals surface area contributed by atoms with Crippen LogP contribution in [0.15, 0.2) is 35.5 Å². The van der Waals surface area contributed by atoms with E-state index in [2.05, 4.69) is 39.8 Å². The van der Waals surface area contributed by atoms with Gasteiger partial charge in [-0.3, -0.25) is 19.2 Å². The lowest BCUT2D eigenvalue weighted by molar-refractivity contribution is -0.128. The maximum atomic E-state index is 12.1. The average Bonchev–Trinajstić information content (AvgIpc) is 3.55. The van der Waals surface area contributed by atoms with Crippen molar-refractivity contribution in [2.45, 2.75) is 131 Å². The third-order valence-corrected chi connectivity index (χ3v) is 16.5. The Morgan fingerprint density at radius 2 is 1.17 bits per heavy atom. The maximum absolute atomic E-state index is 12.1. The quantitative estimate of drug-likeness (QED) is 0.306. The van der Waals surface area contributed by atoms with E-state index in [0.717, 1.165) is 56.3 Å². The van der Waals surface area contributed by atoms with Gasteiger partial charge in [-0.2, -0.15) is 0 Å². The molecule has 0 aromatic rings. The normalized spacial score (nSPS) is 48.7. The van der Waals surface area contributed by atoms with E-state index in [1.165, 1.54) is 56.1 Å². The molecule has 0 radical (unpaired) electrons. The predicted octanol–water partition coefficient (Wildman–Crippen LogP) is 9.22. The van der Waals surface area contributed by atoms with E-state index >= 15 is 0 Å². The Bertz CT molecular complexity index is 1430. The molecule has 0 unspecified atom stereocenters. The van der Waals surface area contributed by atoms with Crippen LogP contribution >= 0.6 is 0 Å². The number of Topliss-reactive ketones (excluding diaryl/α,β-unsaturated/α-hetero) is 2. The summed E-state index contributed by atoms with van der Waals surface area (Å²) in [5.41, 5.74) is 3.57. The summed E-state index contributed by atoms with van der Waals surface area (Å²) in [5.74, 6) is 6.12. The lowest BCUT2D eigenvalue weighted by Gasteiger charge is -2.58. The van der Waals surface area contributed by atoms with Gasteiger partial charge < -0.3 is 0 Å². The molecule has 0 heterocycles. The van der Waals surface area contributed by atoms with Gasteiger partial charge in [-0.25, -0.2) is 0 Å². The Hall–Kier alpha value is -2.10. The minimum Gasteiger partial charge on any atom is -0.300 e. The number of rotatable bonds is 2. The highest BCUT2D eigenvalue weighted by Crippen LogP contribution is 2.67. The minimum absolute atomic E-state index is 0.170. The number of carbonyl (C=O) groups excluding carboxylic acids is 4. The Labute approximate surface area is 277 Å². The molecule has 0 aromatic heterocycles. The minimum atomic E-state index is 0.170. The monoisotopic (exact) mass is 626 g/mol. The van der Waals surface area contributed by atoms with Gasteiger partial charge in [-0.05, 0) is 166 Å². The molecule has 0 saturated heterocycles. The van der Waals surface area contributed by atoms with Crippen LogP contribution in [-0.2, 0) is 19.2 Å². The Morgan fingerprint density at radius 1 is 0.609 bits per heavy atom. The van der Waals surface area contributed by atoms with Crippen LogP contribution < -0.4 is 0 Å². The molecule has 0 amide bonds. The fourth-order valence-corrected chi connectivity index (χ4v) is 13.9. The summed E-state index contributed by atoms with van der Waals surface area (Å²) in [7, 11) is 0. The van der Waals surface area contributed by atoms with Crippen molar-refractivity contribution in [3.05, 3.63) is 35.5 Å². The SMILES string of the molecule is CC(=O)[C@H]1CC[C@H]2[C@@H]3C=CC4=CC(=O)CC[C@@]4(C)[C@@H]3CC[C@]12C.CC(=O)[C@H]1CC[C@H]2[C@@H]3CCC4=CC(=O)CC[C@@]4(C)[C@@H]3CC[C@]12C. The summed E-state index contributed by atoms with van der Waals surface area (Å²) in [6, 6.07) is 0. The lowest BCUT2D eigenvalue weighted by atomic mass is 9.47. The summed E-state index contributed by atoms with van der Waals surface area (Å²) >= 11 is 0. The van der Waals surface area contributed by atoms with E-state index in [0.29, 0.717) is 53.2 Å². The van der Waals surface area contributed by atoms with E-state index in [9.17, 15) is 19.2 Å². The summed E-state index contributed by atoms with van der Waals surface area (Å²) in [6.07, 6.45) is 23.8. The van der Waals surface area contributed by atoms with Crippen LogP contribution in [0, 0.1) is 69.0 Å². The van der Waals surface area contributed by atoms with Gasteiger partial charge >= 0.3 is 0 Å². The van der Waals surface area contributed by atoms with Crippen molar-refractivity contribution < 1.29 is 19.2 Å². The largest absolute Gasteiger partial charge is 0.300 e. The van der Waals surface area contributed by atoms with E-state index in [1.54, 1.807) is 13.8 Å². The van der Waals surface area contributed by atoms with Crippen LogP contribution in [-0.4, -0.2) is 23.1 Å². The molecule has 250 valence electrons. The first-order valence-electron chi connectivity index (χ1n) is 18.9. The molecule has 0 aliphatic heterocycles. The van der Waals surface area contributed by atoms with Crippen LogP contribution in [0.3, 0.4) is 0 Å². The number of carbonyl (C=O) groups is 4. The highest BCUT2D eigenvalue weighted by Gasteiger charge is 2.60. The zero-order chi connectivity index (χ0) is 32.8. The lowest BCUT2D eigenvalue weighted by Crippen LogP contribution is -2.51. The third-order valence-electron chi connectivity index (χ3n) is 16.5. The van der Waals surface area contributed by atoms with Crippen molar-refractivity contribution in [1.29, 1.82) is 0 Å². The Balaban J connectivity index is 0.000000147. The molecule has 4 nitrogen and oxygen atoms in total. The van der Waals surface area contributed by atoms with Crippen LogP contribution in [0.2, 0.25) is 0 Å². The summed E-state index contributed by atoms with van der Waals surface area (Å²) in [4.78, 5) is 48.0. The van der Waals surface area contributed by atoms with Crippen molar-refractivity contribution in [3.8, 4) is 0 Å². The topological polar surface area (TPSA) is 68.3 Å². The zero-order valence-electron chi connectivity index (χ0n) is 29.5. The third kappa shape index (κ3) is 4.72. The smallest absolute Gasteiger partial charge is 0.156 e. The number of hydrogen-bond donors (Lipinski definition) is 0. The van der Waals surface area contributed by atoms with Gasteiger partial charge in [0.05, 0.1) is 0 Å². The Kier molecular flexibility index (Phi) is 7.92. The van der Waals surface area contributed by atoms with Crippen molar-refractivity contribution in [2.75, 3.05) is 0 Å². The molecular formula is C42H58O4. The first-order chi connectivity index (χ1) is 21.7. The fraction of sp³-hybridized carbons (Fsp3) is 0.762. The van der Waals surface area contributed by atoms with Crippen molar-refractivity contribution in [1.82, 2.24) is 0 Å². The molecule has 5 fully saturated rings. The van der Waals surface area contributed by atoms with Crippen molar-refractivity contribution >= 4 is 23.1 Å². The molecule has 4 heteroatoms. The first-order valence-corrected chi connectivity index (χ1v) is 18.9. The standard InChI is InChI=1S/C21H30O2.C21H28O2/c2*1-13(22)17-6-7-18-16-5-4-14-12-15(23)8-10-20(14,2)19(16)9-11-21(17,18)3/h12,16-19H,4-11H2,1-3H3;4-5,12,16-19H,6-11H2,1-3H3/t2*16-,17+,18-,19+,20+,21+/m00/s1. The Morgan fingerprint density at radius 3 is 1.83 bits per heavy atom. The highest BCUT2D eigenvalue weighted by atomic mass is 16.1. The van der Waals surface area contributed by atoms with Gasteiger partial charge in [-0.1, -0.05) is 45.4 Å². The average molecular weight is 627 g/mol. The van der Waals surface area contributed by atoms with Gasteiger partial charge in [0.25, 0.3) is 0 Å². The van der Waals surface area contributed by atoms with E-state index < -0.39 is 0 Å². The fourth-order valence-electron chi connectivity index (χ4n) is 13.9. The number of ketones is 4. The molecule has 0 aromatic carbocycles. The zero-order valence-corrected chi connectivity index (χ0v) is 29.5. The first kappa shape index (κ1) is 32.4. The second-order valence-electron chi connectivity index (χ2n) is 18.2. The maximum Gasteiger partial charge on any atom is 0.156 e. The van der Waals surface area contributed by atoms with Gasteiger partial charge in [0.15, 0.2) is 11.6 Å². The van der Waals surface area contributed by atoms with Crippen molar-refractivity contribution in [3.63, 3.8) is 0 Å². The highest BCUT2D eigenvalue weighted by molar-refractivity contribution is 5.92. The van der Waals surface area contributed by atoms with Gasteiger partial charge in [0.2, 0.25) is 0 Å². The van der Waals surface area contributed by atoms with E-state index in [1.807, 2.05) is 12.2 Å². The molecule has 0 bridgehead atoms. The van der Waals surface area contributed by atoms with E-state index in [4.69, 9.17) is 0 Å². The predicted molar refractivity (Wildman–Crippen MR) is 182 cm³/mol. The van der Waals surface area contributed by atoms with Crippen LogP contribution in [0.4, 0.5) is 0 Å². The van der Waals surface area contributed by atoms with E-state index in [-0.39, 0.29) is 27.6 Å². The second kappa shape index (κ2) is 11.2. The molecule has 8 aliphatic rings. The molecule has 46 heavy (non-hydrogen) atoms. The summed E-state index contributed by atoms with van der Waals surface area (Å²) < 4.78 is 0. The number of hydrogen-bond acceptors (Lipinski definition) is 4. The molecule has 0 N–H and O–H groups in total. The number of fused-ring (bicyclic) bond motifs is 10. The van der Waals surface area contributed by atoms with Gasteiger partial charge in [0, 0.05) is 24.7 Å². The molecule has 12 atom stereocenters. The van der Waals surface area contributed by atoms with Crippen LogP contribution in [0.1, 0.15) is 131 Å². The van der Waals surface area contributed by atoms with Crippen LogP contribution in [0.25, 0.3) is 0 Å². The summed E-state index contributed by atoms with van der Waals surface area (Å²) in [6.45, 7) is 13.2. The molecule has 8 rings (SSSR count). The molecule has 5 saturated carbocycles. The molecule has 8 aliphatic carbocycles. The number of allylic oxidation sites excluding steroid dienone is 5. The second-order valence-corrected chi connectivity index (χ2v) is 18.2. The van der Waals surface area contributed by atoms with Gasteiger partial charge in [0.1, 0.15) is 11.6 Å².